The van der Waals surface area contributed by atoms with E-state index in [0.717, 1.165) is 6.42 Å². The number of likely N-dealkylation sites (tertiary alicyclic amines) is 1. The molecule has 2 atom stereocenters. The molecule has 1 aliphatic rings. The van der Waals surface area contributed by atoms with Gasteiger partial charge < -0.3 is 25.4 Å². The molecule has 2 unspecified atom stereocenters. The second-order valence-corrected chi connectivity index (χ2v) is 5.97. The fraction of sp³-hybridized carbons (Fsp3) is 0.529. The lowest BCUT2D eigenvalue weighted by atomic mass is 10.1. The van der Waals surface area contributed by atoms with Crippen molar-refractivity contribution >= 4 is 24.2 Å². The van der Waals surface area contributed by atoms with E-state index in [9.17, 15) is 9.59 Å². The van der Waals surface area contributed by atoms with E-state index < -0.39 is 0 Å². The number of carbonyl (C=O) groups excluding carboxylic acids is 2. The molecule has 1 aromatic carbocycles. The zero-order chi connectivity index (χ0) is 17.7. The van der Waals surface area contributed by atoms with Crippen molar-refractivity contribution in [3.05, 3.63) is 23.8 Å². The summed E-state index contributed by atoms with van der Waals surface area (Å²) in [5.41, 5.74) is 6.26. The number of benzene rings is 1. The molecule has 1 saturated heterocycles. The minimum Gasteiger partial charge on any atom is -0.493 e. The van der Waals surface area contributed by atoms with Gasteiger partial charge in [0.05, 0.1) is 7.11 Å². The number of nitrogens with one attached hydrogen (secondary N) is 1. The molecule has 0 bridgehead atoms. The summed E-state index contributed by atoms with van der Waals surface area (Å²) >= 11 is 0. The number of hydrogen-bond donors (Lipinski definition) is 2. The molecule has 140 valence electrons. The smallest absolute Gasteiger partial charge is 0.257 e. The first-order chi connectivity index (χ1) is 11.5. The van der Waals surface area contributed by atoms with Crippen molar-refractivity contribution in [1.82, 2.24) is 10.2 Å². The predicted octanol–water partition coefficient (Wildman–Crippen LogP) is 1.05. The second kappa shape index (κ2) is 9.48. The van der Waals surface area contributed by atoms with Gasteiger partial charge in [-0.25, -0.2) is 0 Å². The van der Waals surface area contributed by atoms with E-state index >= 15 is 0 Å². The maximum absolute atomic E-state index is 12.7. The molecule has 0 saturated carbocycles. The fourth-order valence-electron chi connectivity index (χ4n) is 2.90. The van der Waals surface area contributed by atoms with Crippen molar-refractivity contribution in [3.8, 4) is 11.5 Å². The van der Waals surface area contributed by atoms with Gasteiger partial charge in [0.2, 0.25) is 0 Å². The van der Waals surface area contributed by atoms with Crippen LogP contribution in [0.3, 0.4) is 0 Å². The second-order valence-electron chi connectivity index (χ2n) is 5.97. The van der Waals surface area contributed by atoms with E-state index in [-0.39, 0.29) is 36.9 Å². The number of likely N-dealkylation sites (N-methyl/N-ethyl adjacent to an activating group) is 1. The molecule has 1 aliphatic heterocycles. The van der Waals surface area contributed by atoms with Gasteiger partial charge in [0.25, 0.3) is 11.8 Å². The number of rotatable bonds is 6. The van der Waals surface area contributed by atoms with Gasteiger partial charge >= 0.3 is 0 Å². The molecule has 1 aromatic rings. The Morgan fingerprint density at radius 1 is 1.36 bits per heavy atom. The maximum Gasteiger partial charge on any atom is 0.257 e. The highest BCUT2D eigenvalue weighted by atomic mass is 35.5. The zero-order valence-electron chi connectivity index (χ0n) is 14.8. The number of halogens is 1. The minimum absolute atomic E-state index is 0. The lowest BCUT2D eigenvalue weighted by Crippen LogP contribution is -2.34. The Morgan fingerprint density at radius 2 is 2.08 bits per heavy atom. The molecule has 0 aliphatic carbocycles. The number of methoxy groups -OCH3 is 1. The molecule has 1 fully saturated rings. The Morgan fingerprint density at radius 3 is 2.64 bits per heavy atom. The predicted molar refractivity (Wildman–Crippen MR) is 97.5 cm³/mol. The monoisotopic (exact) mass is 371 g/mol. The maximum atomic E-state index is 12.7. The first-order valence-electron chi connectivity index (χ1n) is 8.02. The molecule has 25 heavy (non-hydrogen) atoms. The first kappa shape index (κ1) is 21.1. The van der Waals surface area contributed by atoms with Crippen molar-refractivity contribution in [1.29, 1.82) is 0 Å². The number of ether oxygens (including phenoxy) is 2. The topological polar surface area (TPSA) is 93.9 Å². The molecule has 2 rings (SSSR count). The summed E-state index contributed by atoms with van der Waals surface area (Å²) in [7, 11) is 3.04. The third kappa shape index (κ3) is 4.99. The summed E-state index contributed by atoms with van der Waals surface area (Å²) in [6.07, 6.45) is 0.923. The Kier molecular flexibility index (Phi) is 7.99. The first-order valence-corrected chi connectivity index (χ1v) is 8.02. The molecule has 2 amide bonds. The van der Waals surface area contributed by atoms with Gasteiger partial charge in [0, 0.05) is 25.2 Å². The third-order valence-corrected chi connectivity index (χ3v) is 4.30. The molecule has 1 heterocycles. The van der Waals surface area contributed by atoms with E-state index in [0.29, 0.717) is 36.1 Å². The Hall–Kier alpha value is -1.99. The van der Waals surface area contributed by atoms with E-state index in [2.05, 4.69) is 5.32 Å². The normalized spacial score (nSPS) is 19.1. The number of carbonyl (C=O) groups is 2. The van der Waals surface area contributed by atoms with Crippen LogP contribution < -0.4 is 20.5 Å². The van der Waals surface area contributed by atoms with E-state index in [4.69, 9.17) is 15.2 Å². The third-order valence-electron chi connectivity index (χ3n) is 4.30. The van der Waals surface area contributed by atoms with Gasteiger partial charge in [-0.1, -0.05) is 0 Å². The molecule has 0 radical (unpaired) electrons. The van der Waals surface area contributed by atoms with Crippen LogP contribution in [0.5, 0.6) is 11.5 Å². The van der Waals surface area contributed by atoms with E-state index in [1.165, 1.54) is 14.2 Å². The van der Waals surface area contributed by atoms with Crippen molar-refractivity contribution in [3.63, 3.8) is 0 Å². The van der Waals surface area contributed by atoms with Crippen LogP contribution in [0.4, 0.5) is 0 Å². The SMILES string of the molecule is CNC(=O)COc1ccc(C(=O)N2CC(CN)CC2C)cc1OC.Cl. The van der Waals surface area contributed by atoms with Crippen LogP contribution in [0.2, 0.25) is 0 Å². The van der Waals surface area contributed by atoms with Crippen LogP contribution in [-0.4, -0.2) is 56.6 Å². The lowest BCUT2D eigenvalue weighted by Gasteiger charge is -2.22. The highest BCUT2D eigenvalue weighted by molar-refractivity contribution is 5.95. The lowest BCUT2D eigenvalue weighted by molar-refractivity contribution is -0.122. The molecule has 0 spiro atoms. The van der Waals surface area contributed by atoms with Gasteiger partial charge in [0.15, 0.2) is 18.1 Å². The van der Waals surface area contributed by atoms with Crippen LogP contribution in [0.25, 0.3) is 0 Å². The minimum atomic E-state index is -0.240. The number of hydrogen-bond acceptors (Lipinski definition) is 5. The fourth-order valence-corrected chi connectivity index (χ4v) is 2.90. The van der Waals surface area contributed by atoms with Crippen molar-refractivity contribution in [2.24, 2.45) is 11.7 Å². The van der Waals surface area contributed by atoms with Gasteiger partial charge in [0.1, 0.15) is 0 Å². The number of nitrogens with zero attached hydrogens (tertiary/aromatic N) is 1. The summed E-state index contributed by atoms with van der Waals surface area (Å²) < 4.78 is 10.7. The van der Waals surface area contributed by atoms with Gasteiger partial charge in [-0.3, -0.25) is 9.59 Å². The molecule has 8 heteroatoms. The molecular weight excluding hydrogens is 346 g/mol. The average molecular weight is 372 g/mol. The summed E-state index contributed by atoms with van der Waals surface area (Å²) in [6, 6.07) is 5.15. The van der Waals surface area contributed by atoms with Gasteiger partial charge in [-0.2, -0.15) is 0 Å². The van der Waals surface area contributed by atoms with E-state index in [1.807, 2.05) is 11.8 Å². The Balaban J connectivity index is 0.00000312. The standard InChI is InChI=1S/C17H25N3O4.ClH/c1-11-6-12(8-18)9-20(11)17(22)13-4-5-14(15(7-13)23-3)24-10-16(21)19-2;/h4-5,7,11-12H,6,8-10,18H2,1-3H3,(H,19,21);1H. The van der Waals surface area contributed by atoms with Crippen molar-refractivity contribution in [2.45, 2.75) is 19.4 Å². The van der Waals surface area contributed by atoms with Crippen LogP contribution in [-0.2, 0) is 4.79 Å². The number of amides is 2. The van der Waals surface area contributed by atoms with Crippen LogP contribution in [0.1, 0.15) is 23.7 Å². The van der Waals surface area contributed by atoms with Gasteiger partial charge in [-0.15, -0.1) is 12.4 Å². The van der Waals surface area contributed by atoms with E-state index in [1.54, 1.807) is 18.2 Å². The molecular formula is C17H26ClN3O4. The van der Waals surface area contributed by atoms with Gasteiger partial charge in [-0.05, 0) is 44.0 Å². The quantitative estimate of drug-likeness (QED) is 0.779. The Bertz CT molecular complexity index is 612. The van der Waals surface area contributed by atoms with Crippen LogP contribution >= 0.6 is 12.4 Å². The van der Waals surface area contributed by atoms with Crippen LogP contribution in [0, 0.1) is 5.92 Å². The number of nitrogens with two attached hydrogens (primary N) is 1. The summed E-state index contributed by atoms with van der Waals surface area (Å²) in [6.45, 7) is 3.19. The van der Waals surface area contributed by atoms with Crippen LogP contribution in [0.15, 0.2) is 18.2 Å². The summed E-state index contributed by atoms with van der Waals surface area (Å²) in [4.78, 5) is 25.9. The van der Waals surface area contributed by atoms with Crippen molar-refractivity contribution in [2.75, 3.05) is 33.9 Å². The van der Waals surface area contributed by atoms with Crippen molar-refractivity contribution < 1.29 is 19.1 Å². The molecule has 3 N–H and O–H groups in total. The highest BCUT2D eigenvalue weighted by Gasteiger charge is 2.32. The average Bonchev–Trinajstić information content (AvgIpc) is 2.99. The highest BCUT2D eigenvalue weighted by Crippen LogP contribution is 2.30. The Labute approximate surface area is 154 Å². The molecule has 0 aromatic heterocycles. The molecule has 7 nitrogen and oxygen atoms in total. The summed E-state index contributed by atoms with van der Waals surface area (Å²) in [5, 5.41) is 2.48. The largest absolute Gasteiger partial charge is 0.493 e. The summed E-state index contributed by atoms with van der Waals surface area (Å²) in [5.74, 6) is 0.908. The zero-order valence-corrected chi connectivity index (χ0v) is 15.6.